The lowest BCUT2D eigenvalue weighted by molar-refractivity contribution is -0.197. The summed E-state index contributed by atoms with van der Waals surface area (Å²) in [6.45, 7) is 27.8. The van der Waals surface area contributed by atoms with E-state index in [-0.39, 0.29) is 75.3 Å². The molecule has 0 aromatic heterocycles. The smallest absolute Gasteiger partial charge is 0.426 e. The lowest BCUT2D eigenvalue weighted by atomic mass is 9.80. The van der Waals surface area contributed by atoms with E-state index in [1.165, 1.54) is 49.6 Å². The van der Waals surface area contributed by atoms with Crippen molar-refractivity contribution >= 4 is 62.4 Å². The van der Waals surface area contributed by atoms with Crippen LogP contribution in [0.25, 0.3) is 0 Å². The largest absolute Gasteiger partial charge is 0.748 e. The van der Waals surface area contributed by atoms with Gasteiger partial charge in [-0.05, 0) is 180 Å². The van der Waals surface area contributed by atoms with Crippen LogP contribution in [0.5, 0.6) is 17.2 Å². The topological polar surface area (TPSA) is 221 Å². The van der Waals surface area contributed by atoms with Gasteiger partial charge in [0.05, 0.1) is 43.0 Å². The lowest BCUT2D eigenvalue weighted by Gasteiger charge is -2.46. The summed E-state index contributed by atoms with van der Waals surface area (Å²) in [5.74, 6) is -18.6. The maximum absolute atomic E-state index is 13.3. The number of phenolic OH excluding ortho intramolecular Hbond substituents is 1. The van der Waals surface area contributed by atoms with Crippen LogP contribution in [0.4, 0.5) is 35.1 Å². The summed E-state index contributed by atoms with van der Waals surface area (Å²) in [7, 11) is -5.86. The third-order valence-corrected chi connectivity index (χ3v) is 19.2. The predicted molar refractivity (Wildman–Crippen MR) is 351 cm³/mol. The van der Waals surface area contributed by atoms with Crippen LogP contribution in [0, 0.1) is 45.3 Å². The van der Waals surface area contributed by atoms with Crippen molar-refractivity contribution in [2.75, 3.05) is 19.0 Å². The molecule has 7 rings (SSSR count). The maximum Gasteiger partial charge on any atom is 0.426 e. The second-order valence-corrected chi connectivity index (χ2v) is 30.4. The van der Waals surface area contributed by atoms with Crippen LogP contribution in [0.1, 0.15) is 150 Å². The molecule has 1 fully saturated rings. The molecule has 2 N–H and O–H groups in total. The van der Waals surface area contributed by atoms with Crippen LogP contribution in [-0.4, -0.2) is 96.2 Å². The summed E-state index contributed by atoms with van der Waals surface area (Å²) in [5, 5.41) is 13.1. The van der Waals surface area contributed by atoms with Crippen LogP contribution in [0.3, 0.4) is 0 Å². The van der Waals surface area contributed by atoms with Gasteiger partial charge in [-0.1, -0.05) is 68.9 Å². The SMILES string of the molecule is CCC(C)(C)C(=O)OC1CC(C)(C)NC(C)(C)C1.CCC(C)(C)C(=O)OCCOc1ccc([S+](c2ccccc2)c2ccc(Sc3ccccc3)cc2)cc1.CCC(C)(C)C(=O)Oc1cc(O)cc(C(C)=O)c1.O=C(OC(CS(=O)(=O)[O-])C(F)(F)F)c1c(F)c(F)c(F)c(F)c1F. The van der Waals surface area contributed by atoms with Crippen molar-refractivity contribution in [1.29, 1.82) is 0 Å². The Morgan fingerprint density at radius 1 is 0.619 bits per heavy atom. The van der Waals surface area contributed by atoms with Crippen LogP contribution < -0.4 is 14.8 Å². The molecule has 0 aliphatic carbocycles. The standard InChI is InChI=1S/C32H33O3S2.C15H29NO2.C14H18O4.C10H4F8O5S/c1-4-32(2,3)31(33)35-24-23-34-25-15-19-29(20-16-25)37(28-13-9-6-10-14-28)30-21-17-27(18-22-30)36-26-11-7-5-8-12-26;1-8-13(2,3)12(17)18-11-9-14(4,5)16-15(6,7)10-11;1-5-14(3,4)13(17)18-12-7-10(9(2)15)6-11(16)8-12;11-4-3(5(12)7(14)8(15)6(4)13)9(19)23-2(10(16,17)18)1-24(20,21)22/h5-22H,4,23-24H2,1-3H3;11,16H,8-10H2,1-7H3;6-8,16H,5H2,1-4H3;2H,1H2,(H,20,21,22)/q+1;;;/p-1. The maximum atomic E-state index is 13.3. The zero-order chi connectivity index (χ0) is 73.2. The molecule has 0 spiro atoms. The first kappa shape index (κ1) is 81.9. The third-order valence-electron chi connectivity index (χ3n) is 15.3. The Hall–Kier alpha value is -7.52. The average Bonchev–Trinajstić information content (AvgIpc) is 0.810. The molecular formula is C71H83F8NO14S3. The number of carbonyl (C=O) groups is 5. The molecule has 6 aromatic carbocycles. The second-order valence-electron chi connectivity index (χ2n) is 25.8. The van der Waals surface area contributed by atoms with Crippen LogP contribution >= 0.6 is 11.8 Å². The number of phenols is 1. The van der Waals surface area contributed by atoms with Crippen LogP contribution in [-0.2, 0) is 49.6 Å². The van der Waals surface area contributed by atoms with E-state index in [9.17, 15) is 77.2 Å². The fraction of sp³-hybridized carbons (Fsp3) is 0.423. The van der Waals surface area contributed by atoms with Gasteiger partial charge in [0.25, 0.3) is 0 Å². The Labute approximate surface area is 568 Å². The van der Waals surface area contributed by atoms with E-state index in [4.69, 9.17) is 18.9 Å². The van der Waals surface area contributed by atoms with Gasteiger partial charge in [-0.2, -0.15) is 13.2 Å². The number of aromatic hydroxyl groups is 1. The van der Waals surface area contributed by atoms with Gasteiger partial charge in [-0.3, -0.25) is 19.2 Å². The first-order chi connectivity index (χ1) is 44.9. The molecule has 2 unspecified atom stereocenters. The van der Waals surface area contributed by atoms with E-state index >= 15 is 0 Å². The molecule has 15 nitrogen and oxygen atoms in total. The number of hydrogen-bond donors (Lipinski definition) is 2. The normalized spacial score (nSPS) is 14.5. The quantitative estimate of drug-likeness (QED) is 0.00616. The Kier molecular flexibility index (Phi) is 29.4. The number of hydrogen-bond acceptors (Lipinski definition) is 16. The van der Waals surface area contributed by atoms with Crippen molar-refractivity contribution in [3.63, 3.8) is 0 Å². The fourth-order valence-corrected chi connectivity index (χ4v) is 12.4. The first-order valence-electron chi connectivity index (χ1n) is 30.7. The average molecular weight is 1420 g/mol. The minimum absolute atomic E-state index is 0.0169. The zero-order valence-electron chi connectivity index (χ0n) is 56.4. The molecule has 0 saturated carbocycles. The minimum atomic E-state index is -5.67. The van der Waals surface area contributed by atoms with Gasteiger partial charge in [0.2, 0.25) is 11.9 Å². The summed E-state index contributed by atoms with van der Waals surface area (Å²) in [6.07, 6.45) is -5.38. The number of carbonyl (C=O) groups excluding carboxylic acids is 5. The molecule has 1 saturated heterocycles. The Bertz CT molecular complexity index is 3720. The van der Waals surface area contributed by atoms with Crippen molar-refractivity contribution in [1.82, 2.24) is 5.32 Å². The van der Waals surface area contributed by atoms with Gasteiger partial charge in [0.15, 0.2) is 43.7 Å². The number of nitrogens with one attached hydrogen (secondary N) is 1. The summed E-state index contributed by atoms with van der Waals surface area (Å²) in [6, 6.07) is 42.3. The Balaban J connectivity index is 0.000000290. The minimum Gasteiger partial charge on any atom is -0.748 e. The number of ether oxygens (including phenoxy) is 5. The molecule has 1 aliphatic heterocycles. The Morgan fingerprint density at radius 2 is 1.06 bits per heavy atom. The van der Waals surface area contributed by atoms with E-state index in [0.717, 1.165) is 31.4 Å². The van der Waals surface area contributed by atoms with E-state index in [1.54, 1.807) is 25.6 Å². The summed E-state index contributed by atoms with van der Waals surface area (Å²) >= 11 is 1.77. The summed E-state index contributed by atoms with van der Waals surface area (Å²) in [4.78, 5) is 64.9. The number of halogens is 8. The van der Waals surface area contributed by atoms with Crippen molar-refractivity contribution in [2.45, 2.75) is 183 Å². The third kappa shape index (κ3) is 25.4. The number of rotatable bonds is 22. The van der Waals surface area contributed by atoms with Crippen LogP contribution in [0.2, 0.25) is 0 Å². The number of alkyl halides is 3. The highest BCUT2D eigenvalue weighted by atomic mass is 32.2. The second kappa shape index (κ2) is 34.8. The van der Waals surface area contributed by atoms with Crippen molar-refractivity contribution in [2.24, 2.45) is 16.2 Å². The molecule has 2 atom stereocenters. The molecule has 26 heteroatoms. The van der Waals surface area contributed by atoms with E-state index in [0.29, 0.717) is 18.6 Å². The molecule has 97 heavy (non-hydrogen) atoms. The highest BCUT2D eigenvalue weighted by Gasteiger charge is 2.46. The molecule has 1 aliphatic rings. The van der Waals surface area contributed by atoms with Crippen molar-refractivity contribution < 1.29 is 101 Å². The molecule has 0 amide bonds. The molecule has 0 bridgehead atoms. The monoisotopic (exact) mass is 1420 g/mol. The number of Topliss-reactive ketones (excluding diaryl/α,β-unsaturated/α-hetero) is 1. The van der Waals surface area contributed by atoms with E-state index < -0.39 is 79.6 Å². The highest BCUT2D eigenvalue weighted by molar-refractivity contribution is 7.99. The van der Waals surface area contributed by atoms with Gasteiger partial charge in [-0.25, -0.2) is 35.2 Å². The van der Waals surface area contributed by atoms with Crippen molar-refractivity contribution in [3.8, 4) is 17.2 Å². The molecule has 530 valence electrons. The molecular weight excluding hydrogens is 1340 g/mol. The van der Waals surface area contributed by atoms with Crippen LogP contribution in [0.15, 0.2) is 152 Å². The van der Waals surface area contributed by atoms with Crippen molar-refractivity contribution in [3.05, 3.63) is 168 Å². The van der Waals surface area contributed by atoms with Gasteiger partial charge in [0.1, 0.15) is 42.1 Å². The molecule has 1 heterocycles. The fourth-order valence-electron chi connectivity index (χ4n) is 8.89. The van der Waals surface area contributed by atoms with Gasteiger partial charge in [-0.15, -0.1) is 0 Å². The van der Waals surface area contributed by atoms with Gasteiger partial charge < -0.3 is 38.7 Å². The molecule has 6 aromatic rings. The first-order valence-corrected chi connectivity index (χ1v) is 34.3. The molecule has 0 radical (unpaired) electrons. The Morgan fingerprint density at radius 3 is 1.54 bits per heavy atom. The van der Waals surface area contributed by atoms with E-state index in [2.05, 4.69) is 129 Å². The lowest BCUT2D eigenvalue weighted by Crippen LogP contribution is -2.60. The predicted octanol–water partition coefficient (Wildman–Crippen LogP) is 16.5. The number of ketones is 1. The summed E-state index contributed by atoms with van der Waals surface area (Å²) in [5.41, 5.74) is -3.46. The van der Waals surface area contributed by atoms with Gasteiger partial charge in [0, 0.05) is 45.3 Å². The zero-order valence-corrected chi connectivity index (χ0v) is 58.9. The number of esters is 4. The summed E-state index contributed by atoms with van der Waals surface area (Å²) < 4.78 is 159. The number of benzene rings is 6. The number of piperidine rings is 1. The van der Waals surface area contributed by atoms with E-state index in [1.807, 2.05) is 66.7 Å². The highest BCUT2D eigenvalue weighted by Crippen LogP contribution is 2.37. The van der Waals surface area contributed by atoms with Gasteiger partial charge >= 0.3 is 30.1 Å².